The normalized spacial score (nSPS) is 17.0. The van der Waals surface area contributed by atoms with Crippen LogP contribution in [0.2, 0.25) is 0 Å². The summed E-state index contributed by atoms with van der Waals surface area (Å²) in [7, 11) is 0. The molecule has 1 aliphatic heterocycles. The maximum atomic E-state index is 12.7. The standard InChI is InChI=1S/C17H13N3O2S/c21-11-3-4-12-13(8-19-14(12)6-11)16(22)15-9-23-17(20-15)10-2-1-5-18-7-10/h1-9,17,19-21H. The second kappa shape index (κ2) is 5.48. The molecule has 1 unspecified atom stereocenters. The minimum absolute atomic E-state index is 0.00287. The summed E-state index contributed by atoms with van der Waals surface area (Å²) in [6.07, 6.45) is 5.20. The van der Waals surface area contributed by atoms with Crippen LogP contribution in [0.1, 0.15) is 21.3 Å². The third kappa shape index (κ3) is 2.47. The third-order valence-corrected chi connectivity index (χ3v) is 4.78. The minimum atomic E-state index is -0.0687. The monoisotopic (exact) mass is 323 g/mol. The molecule has 1 aliphatic rings. The van der Waals surface area contributed by atoms with Gasteiger partial charge in [0.2, 0.25) is 5.78 Å². The van der Waals surface area contributed by atoms with Crippen LogP contribution in [-0.4, -0.2) is 20.9 Å². The summed E-state index contributed by atoms with van der Waals surface area (Å²) in [5.41, 5.74) is 2.92. The molecule has 0 spiro atoms. The first kappa shape index (κ1) is 13.9. The van der Waals surface area contributed by atoms with E-state index in [0.29, 0.717) is 11.3 Å². The fraction of sp³-hybridized carbons (Fsp3) is 0.0588. The van der Waals surface area contributed by atoms with Crippen molar-refractivity contribution in [3.05, 3.63) is 71.2 Å². The fourth-order valence-corrected chi connectivity index (χ4v) is 3.54. The average Bonchev–Trinajstić information content (AvgIpc) is 3.22. The lowest BCUT2D eigenvalue weighted by molar-refractivity contribution is 0.102. The van der Waals surface area contributed by atoms with E-state index in [0.717, 1.165) is 16.5 Å². The topological polar surface area (TPSA) is 78.0 Å². The maximum absolute atomic E-state index is 12.7. The number of ketones is 1. The molecule has 23 heavy (non-hydrogen) atoms. The second-order valence-electron chi connectivity index (χ2n) is 5.24. The van der Waals surface area contributed by atoms with Crippen molar-refractivity contribution in [2.75, 3.05) is 0 Å². The van der Waals surface area contributed by atoms with Crippen molar-refractivity contribution in [1.82, 2.24) is 15.3 Å². The highest BCUT2D eigenvalue weighted by Crippen LogP contribution is 2.35. The van der Waals surface area contributed by atoms with E-state index in [1.54, 1.807) is 48.6 Å². The zero-order valence-corrected chi connectivity index (χ0v) is 12.8. The number of aromatic hydroxyl groups is 1. The molecule has 3 N–H and O–H groups in total. The number of hydrogen-bond donors (Lipinski definition) is 3. The van der Waals surface area contributed by atoms with Crippen LogP contribution in [-0.2, 0) is 0 Å². The molecule has 114 valence electrons. The van der Waals surface area contributed by atoms with Crippen LogP contribution in [0, 0.1) is 0 Å². The number of thioether (sulfide) groups is 1. The van der Waals surface area contributed by atoms with Gasteiger partial charge in [0.1, 0.15) is 11.1 Å². The van der Waals surface area contributed by atoms with Gasteiger partial charge in [-0.25, -0.2) is 0 Å². The molecule has 1 aromatic carbocycles. The van der Waals surface area contributed by atoms with Crippen molar-refractivity contribution in [3.63, 3.8) is 0 Å². The molecule has 6 heteroatoms. The zero-order valence-electron chi connectivity index (χ0n) is 12.0. The summed E-state index contributed by atoms with van der Waals surface area (Å²) in [5.74, 6) is 0.101. The van der Waals surface area contributed by atoms with Gasteiger partial charge < -0.3 is 15.4 Å². The highest BCUT2D eigenvalue weighted by atomic mass is 32.2. The summed E-state index contributed by atoms with van der Waals surface area (Å²) in [5, 5.41) is 15.4. The highest BCUT2D eigenvalue weighted by Gasteiger charge is 2.25. The van der Waals surface area contributed by atoms with Crippen molar-refractivity contribution in [2.24, 2.45) is 0 Å². The van der Waals surface area contributed by atoms with E-state index in [1.165, 1.54) is 0 Å². The van der Waals surface area contributed by atoms with E-state index in [2.05, 4.69) is 15.3 Å². The zero-order chi connectivity index (χ0) is 15.8. The van der Waals surface area contributed by atoms with Crippen molar-refractivity contribution in [2.45, 2.75) is 5.37 Å². The molecule has 5 nitrogen and oxygen atoms in total. The summed E-state index contributed by atoms with van der Waals surface area (Å²) in [6, 6.07) is 8.79. The van der Waals surface area contributed by atoms with Crippen molar-refractivity contribution >= 4 is 28.4 Å². The molecule has 3 aromatic rings. The first-order chi connectivity index (χ1) is 11.2. The number of benzene rings is 1. The van der Waals surface area contributed by atoms with E-state index in [4.69, 9.17) is 0 Å². The SMILES string of the molecule is O=C(C1=CSC(c2cccnc2)N1)c1c[nH]c2cc(O)ccc12. The Balaban J connectivity index is 1.60. The number of nitrogens with one attached hydrogen (secondary N) is 2. The minimum Gasteiger partial charge on any atom is -0.508 e. The number of fused-ring (bicyclic) bond motifs is 1. The Morgan fingerprint density at radius 1 is 1.30 bits per heavy atom. The number of phenols is 1. The number of aromatic amines is 1. The van der Waals surface area contributed by atoms with Gasteiger partial charge in [-0.15, -0.1) is 11.8 Å². The molecular weight excluding hydrogens is 310 g/mol. The molecule has 0 saturated carbocycles. The summed E-state index contributed by atoms with van der Waals surface area (Å²) >= 11 is 1.55. The number of allylic oxidation sites excluding steroid dienone is 1. The average molecular weight is 323 g/mol. The number of pyridine rings is 1. The number of nitrogens with zero attached hydrogens (tertiary/aromatic N) is 1. The van der Waals surface area contributed by atoms with E-state index in [-0.39, 0.29) is 16.9 Å². The number of phenolic OH excluding ortho intramolecular Hbond substituents is 1. The first-order valence-electron chi connectivity index (χ1n) is 7.09. The van der Waals surface area contributed by atoms with Crippen LogP contribution < -0.4 is 5.32 Å². The molecule has 0 amide bonds. The van der Waals surface area contributed by atoms with E-state index in [9.17, 15) is 9.90 Å². The predicted octanol–water partition coefficient (Wildman–Crippen LogP) is 3.33. The van der Waals surface area contributed by atoms with E-state index >= 15 is 0 Å². The molecule has 0 saturated heterocycles. The Bertz CT molecular complexity index is 918. The van der Waals surface area contributed by atoms with Gasteiger partial charge in [-0.1, -0.05) is 6.07 Å². The molecule has 1 atom stereocenters. The van der Waals surface area contributed by atoms with Gasteiger partial charge in [0.05, 0.1) is 5.70 Å². The Hall–Kier alpha value is -2.73. The van der Waals surface area contributed by atoms with Gasteiger partial charge in [-0.3, -0.25) is 9.78 Å². The van der Waals surface area contributed by atoms with Crippen LogP contribution in [0.4, 0.5) is 0 Å². The summed E-state index contributed by atoms with van der Waals surface area (Å²) in [6.45, 7) is 0. The quantitative estimate of drug-likeness (QED) is 0.644. The Morgan fingerprint density at radius 2 is 2.22 bits per heavy atom. The molecule has 4 rings (SSSR count). The molecule has 0 bridgehead atoms. The van der Waals surface area contributed by atoms with Crippen LogP contribution in [0.5, 0.6) is 5.75 Å². The predicted molar refractivity (Wildman–Crippen MR) is 90.1 cm³/mol. The van der Waals surface area contributed by atoms with Gasteiger partial charge in [-0.2, -0.15) is 0 Å². The lowest BCUT2D eigenvalue weighted by atomic mass is 10.1. The molecule has 0 aliphatic carbocycles. The number of rotatable bonds is 3. The fourth-order valence-electron chi connectivity index (χ4n) is 2.60. The number of Topliss-reactive ketones (excluding diaryl/α,β-unsaturated/α-hetero) is 1. The lowest BCUT2D eigenvalue weighted by Gasteiger charge is -2.12. The largest absolute Gasteiger partial charge is 0.508 e. The first-order valence-corrected chi connectivity index (χ1v) is 8.03. The van der Waals surface area contributed by atoms with Gasteiger partial charge in [0, 0.05) is 52.1 Å². The van der Waals surface area contributed by atoms with Crippen LogP contribution >= 0.6 is 11.8 Å². The summed E-state index contributed by atoms with van der Waals surface area (Å²) < 4.78 is 0. The van der Waals surface area contributed by atoms with Crippen LogP contribution in [0.15, 0.2) is 60.0 Å². The van der Waals surface area contributed by atoms with Gasteiger partial charge in [0.15, 0.2) is 0 Å². The number of aromatic nitrogens is 2. The van der Waals surface area contributed by atoms with Crippen molar-refractivity contribution < 1.29 is 9.90 Å². The molecule has 3 heterocycles. The van der Waals surface area contributed by atoms with Crippen molar-refractivity contribution in [1.29, 1.82) is 0 Å². The maximum Gasteiger partial charge on any atom is 0.211 e. The van der Waals surface area contributed by atoms with Crippen LogP contribution in [0.3, 0.4) is 0 Å². The Kier molecular flexibility index (Phi) is 3.31. The van der Waals surface area contributed by atoms with Crippen LogP contribution in [0.25, 0.3) is 10.9 Å². The van der Waals surface area contributed by atoms with Gasteiger partial charge >= 0.3 is 0 Å². The molecule has 0 radical (unpaired) electrons. The van der Waals surface area contributed by atoms with E-state index in [1.807, 2.05) is 17.5 Å². The third-order valence-electron chi connectivity index (χ3n) is 3.75. The highest BCUT2D eigenvalue weighted by molar-refractivity contribution is 8.02. The van der Waals surface area contributed by atoms with Gasteiger partial charge in [-0.05, 0) is 18.2 Å². The smallest absolute Gasteiger partial charge is 0.211 e. The Labute approximate surface area is 136 Å². The Morgan fingerprint density at radius 3 is 3.04 bits per heavy atom. The number of carbonyl (C=O) groups excluding carboxylic acids is 1. The number of hydrogen-bond acceptors (Lipinski definition) is 5. The number of H-pyrrole nitrogens is 1. The number of carbonyl (C=O) groups is 1. The molecule has 0 fully saturated rings. The van der Waals surface area contributed by atoms with Gasteiger partial charge in [0.25, 0.3) is 0 Å². The van der Waals surface area contributed by atoms with E-state index < -0.39 is 0 Å². The lowest BCUT2D eigenvalue weighted by Crippen LogP contribution is -2.19. The van der Waals surface area contributed by atoms with Crippen molar-refractivity contribution in [3.8, 4) is 5.75 Å². The molecule has 2 aromatic heterocycles. The second-order valence-corrected chi connectivity index (χ2v) is 6.22. The summed E-state index contributed by atoms with van der Waals surface area (Å²) in [4.78, 5) is 19.9. The molecular formula is C17H13N3O2S.